The predicted octanol–water partition coefficient (Wildman–Crippen LogP) is 3.44. The van der Waals surface area contributed by atoms with Gasteiger partial charge in [-0.25, -0.2) is 4.39 Å². The van der Waals surface area contributed by atoms with Gasteiger partial charge in [-0.1, -0.05) is 12.1 Å². The average Bonchev–Trinajstić information content (AvgIpc) is 3.36. The molecule has 1 amide bonds. The van der Waals surface area contributed by atoms with Gasteiger partial charge in [0.25, 0.3) is 11.7 Å². The van der Waals surface area contributed by atoms with Crippen molar-refractivity contribution in [2.24, 2.45) is 0 Å². The Morgan fingerprint density at radius 2 is 1.87 bits per heavy atom. The number of likely N-dealkylation sites (tertiary alicyclic amines) is 1. The van der Waals surface area contributed by atoms with Crippen molar-refractivity contribution in [3.8, 4) is 5.75 Å². The van der Waals surface area contributed by atoms with Crippen molar-refractivity contribution in [2.45, 2.75) is 25.0 Å². The fourth-order valence-electron chi connectivity index (χ4n) is 3.97. The summed E-state index contributed by atoms with van der Waals surface area (Å²) in [7, 11) is 1.55. The first-order valence-electron chi connectivity index (χ1n) is 9.79. The quantitative estimate of drug-likeness (QED) is 0.463. The van der Waals surface area contributed by atoms with E-state index in [2.05, 4.69) is 0 Å². The smallest absolute Gasteiger partial charge is 0.295 e. The molecular weight excluding hydrogens is 389 g/mol. The van der Waals surface area contributed by atoms with E-state index in [0.717, 1.165) is 12.8 Å². The third-order valence-electron chi connectivity index (χ3n) is 5.51. The van der Waals surface area contributed by atoms with E-state index in [1.165, 1.54) is 29.2 Å². The number of aliphatic hydroxyl groups excluding tert-OH is 1. The topological polar surface area (TPSA) is 76.1 Å². The third kappa shape index (κ3) is 3.68. The van der Waals surface area contributed by atoms with Gasteiger partial charge in [-0.15, -0.1) is 0 Å². The molecule has 2 aliphatic heterocycles. The Kier molecular flexibility index (Phi) is 5.55. The van der Waals surface area contributed by atoms with Crippen molar-refractivity contribution in [3.63, 3.8) is 0 Å². The Labute approximate surface area is 173 Å². The summed E-state index contributed by atoms with van der Waals surface area (Å²) in [4.78, 5) is 27.3. The lowest BCUT2D eigenvalue weighted by molar-refractivity contribution is -0.140. The number of ether oxygens (including phenoxy) is 2. The van der Waals surface area contributed by atoms with Crippen LogP contribution in [0, 0.1) is 5.82 Å². The fourth-order valence-corrected chi connectivity index (χ4v) is 3.97. The highest BCUT2D eigenvalue weighted by Gasteiger charge is 2.47. The highest BCUT2D eigenvalue weighted by Crippen LogP contribution is 2.40. The van der Waals surface area contributed by atoms with Crippen LogP contribution in [0.3, 0.4) is 0 Å². The molecule has 0 unspecified atom stereocenters. The van der Waals surface area contributed by atoms with Gasteiger partial charge in [-0.3, -0.25) is 9.59 Å². The molecule has 30 heavy (non-hydrogen) atoms. The first-order chi connectivity index (χ1) is 14.5. The molecule has 2 fully saturated rings. The first kappa shape index (κ1) is 20.1. The number of methoxy groups -OCH3 is 1. The van der Waals surface area contributed by atoms with Gasteiger partial charge in [0.2, 0.25) is 0 Å². The van der Waals surface area contributed by atoms with Crippen LogP contribution in [0.1, 0.15) is 30.0 Å². The van der Waals surface area contributed by atoms with E-state index in [-0.39, 0.29) is 29.5 Å². The SMILES string of the molecule is COc1ccc([C@@H]2C(=C(O)c3ccc(F)cc3)C(=O)C(=O)N2C[C@H]2CCCO2)cc1. The zero-order valence-electron chi connectivity index (χ0n) is 16.5. The third-order valence-corrected chi connectivity index (χ3v) is 5.51. The van der Waals surface area contributed by atoms with Gasteiger partial charge in [0.1, 0.15) is 17.3 Å². The molecule has 1 N–H and O–H groups in total. The molecule has 2 aromatic rings. The van der Waals surface area contributed by atoms with E-state index >= 15 is 0 Å². The van der Waals surface area contributed by atoms with Crippen molar-refractivity contribution in [3.05, 3.63) is 71.0 Å². The maximum absolute atomic E-state index is 13.3. The molecule has 2 heterocycles. The number of rotatable bonds is 5. The van der Waals surface area contributed by atoms with E-state index in [0.29, 0.717) is 17.9 Å². The summed E-state index contributed by atoms with van der Waals surface area (Å²) in [6.07, 6.45) is 1.54. The number of benzene rings is 2. The second kappa shape index (κ2) is 8.28. The van der Waals surface area contributed by atoms with E-state index in [9.17, 15) is 19.1 Å². The molecule has 2 aliphatic rings. The van der Waals surface area contributed by atoms with Crippen LogP contribution in [-0.2, 0) is 14.3 Å². The van der Waals surface area contributed by atoms with E-state index in [1.807, 2.05) is 0 Å². The molecule has 0 bridgehead atoms. The molecule has 2 saturated heterocycles. The summed E-state index contributed by atoms with van der Waals surface area (Å²) in [5, 5.41) is 10.9. The number of halogens is 1. The molecule has 4 rings (SSSR count). The summed E-state index contributed by atoms with van der Waals surface area (Å²) in [6, 6.07) is 11.4. The molecule has 0 radical (unpaired) electrons. The monoisotopic (exact) mass is 411 g/mol. The number of aliphatic hydroxyl groups is 1. The van der Waals surface area contributed by atoms with Gasteiger partial charge in [-0.05, 0) is 54.8 Å². The molecule has 0 saturated carbocycles. The minimum Gasteiger partial charge on any atom is -0.507 e. The Bertz CT molecular complexity index is 978. The molecule has 0 aliphatic carbocycles. The number of nitrogens with zero attached hydrogens (tertiary/aromatic N) is 1. The lowest BCUT2D eigenvalue weighted by Crippen LogP contribution is -2.36. The normalized spacial score (nSPS) is 23.2. The second-order valence-corrected chi connectivity index (χ2v) is 7.37. The number of amides is 1. The van der Waals surface area contributed by atoms with Crippen molar-refractivity contribution in [1.82, 2.24) is 4.90 Å². The van der Waals surface area contributed by atoms with E-state index in [1.54, 1.807) is 31.4 Å². The molecular formula is C23H22FNO5. The van der Waals surface area contributed by atoms with E-state index in [4.69, 9.17) is 9.47 Å². The van der Waals surface area contributed by atoms with Crippen LogP contribution in [0.5, 0.6) is 5.75 Å². The molecule has 156 valence electrons. The minimum atomic E-state index is -0.773. The molecule has 0 aromatic heterocycles. The molecule has 6 nitrogen and oxygen atoms in total. The van der Waals surface area contributed by atoms with Gasteiger partial charge >= 0.3 is 0 Å². The van der Waals surface area contributed by atoms with Crippen molar-refractivity contribution < 1.29 is 28.6 Å². The zero-order chi connectivity index (χ0) is 21.3. The molecule has 7 heteroatoms. The number of ketones is 1. The summed E-state index contributed by atoms with van der Waals surface area (Å²) in [5.74, 6) is -1.61. The number of Topliss-reactive ketones (excluding diaryl/α,β-unsaturated/α-hetero) is 1. The standard InChI is InChI=1S/C23H22FNO5/c1-29-17-10-6-14(7-11-17)20-19(21(26)15-4-8-16(24)9-5-15)22(27)23(28)25(20)13-18-3-2-12-30-18/h4-11,18,20,26H,2-3,12-13H2,1H3/t18-,20-/m1/s1. The van der Waals surface area contributed by atoms with Gasteiger partial charge in [0.15, 0.2) is 0 Å². The van der Waals surface area contributed by atoms with Crippen LogP contribution in [0.2, 0.25) is 0 Å². The maximum atomic E-state index is 13.3. The van der Waals surface area contributed by atoms with Crippen molar-refractivity contribution in [2.75, 3.05) is 20.3 Å². The van der Waals surface area contributed by atoms with Gasteiger partial charge in [0, 0.05) is 18.7 Å². The van der Waals surface area contributed by atoms with Crippen LogP contribution in [-0.4, -0.2) is 48.1 Å². The summed E-state index contributed by atoms with van der Waals surface area (Å²) in [6.45, 7) is 0.874. The Balaban J connectivity index is 1.80. The van der Waals surface area contributed by atoms with Crippen LogP contribution >= 0.6 is 0 Å². The summed E-state index contributed by atoms with van der Waals surface area (Å²) >= 11 is 0. The number of carbonyl (C=O) groups is 2. The number of hydrogen-bond donors (Lipinski definition) is 1. The lowest BCUT2D eigenvalue weighted by atomic mass is 9.95. The number of hydrogen-bond acceptors (Lipinski definition) is 5. The molecule has 2 atom stereocenters. The van der Waals surface area contributed by atoms with Gasteiger partial charge < -0.3 is 19.5 Å². The Morgan fingerprint density at radius 3 is 2.47 bits per heavy atom. The Hall–Kier alpha value is -3.19. The summed E-state index contributed by atoms with van der Waals surface area (Å²) in [5.41, 5.74) is 0.913. The molecule has 0 spiro atoms. The summed E-state index contributed by atoms with van der Waals surface area (Å²) < 4.78 is 24.2. The fraction of sp³-hybridized carbons (Fsp3) is 0.304. The second-order valence-electron chi connectivity index (χ2n) is 7.37. The van der Waals surface area contributed by atoms with E-state index < -0.39 is 23.5 Å². The highest BCUT2D eigenvalue weighted by molar-refractivity contribution is 6.46. The van der Waals surface area contributed by atoms with Gasteiger partial charge in [0.05, 0.1) is 24.8 Å². The van der Waals surface area contributed by atoms with Crippen LogP contribution in [0.15, 0.2) is 54.1 Å². The van der Waals surface area contributed by atoms with Crippen molar-refractivity contribution in [1.29, 1.82) is 0 Å². The predicted molar refractivity (Wildman–Crippen MR) is 107 cm³/mol. The first-order valence-corrected chi connectivity index (χ1v) is 9.79. The van der Waals surface area contributed by atoms with Crippen molar-refractivity contribution >= 4 is 17.4 Å². The zero-order valence-corrected chi connectivity index (χ0v) is 16.5. The average molecular weight is 411 g/mol. The number of carbonyl (C=O) groups excluding carboxylic acids is 2. The maximum Gasteiger partial charge on any atom is 0.295 e. The van der Waals surface area contributed by atoms with Crippen LogP contribution < -0.4 is 4.74 Å². The molecule has 2 aromatic carbocycles. The van der Waals surface area contributed by atoms with Gasteiger partial charge in [-0.2, -0.15) is 0 Å². The van der Waals surface area contributed by atoms with Crippen LogP contribution in [0.4, 0.5) is 4.39 Å². The van der Waals surface area contributed by atoms with Crippen LogP contribution in [0.25, 0.3) is 5.76 Å². The lowest BCUT2D eigenvalue weighted by Gasteiger charge is -2.27. The Morgan fingerprint density at radius 1 is 1.17 bits per heavy atom. The minimum absolute atomic E-state index is 0.0187. The highest BCUT2D eigenvalue weighted by atomic mass is 19.1. The largest absolute Gasteiger partial charge is 0.507 e.